The summed E-state index contributed by atoms with van der Waals surface area (Å²) in [5.74, 6) is 0.257. The lowest BCUT2D eigenvalue weighted by Crippen LogP contribution is -2.30. The van der Waals surface area contributed by atoms with E-state index in [0.717, 1.165) is 18.7 Å². The van der Waals surface area contributed by atoms with Gasteiger partial charge in [-0.3, -0.25) is 14.5 Å². The average Bonchev–Trinajstić information content (AvgIpc) is 2.67. The van der Waals surface area contributed by atoms with Crippen molar-refractivity contribution in [3.63, 3.8) is 0 Å². The van der Waals surface area contributed by atoms with Gasteiger partial charge >= 0.3 is 5.97 Å². The van der Waals surface area contributed by atoms with Crippen molar-refractivity contribution < 1.29 is 19.1 Å². The van der Waals surface area contributed by atoms with E-state index in [1.54, 1.807) is 0 Å². The number of piperidine rings is 1. The van der Waals surface area contributed by atoms with Gasteiger partial charge in [-0.05, 0) is 56.5 Å². The third-order valence-corrected chi connectivity index (χ3v) is 4.48. The van der Waals surface area contributed by atoms with Crippen LogP contribution < -0.4 is 10.1 Å². The van der Waals surface area contributed by atoms with Crippen molar-refractivity contribution in [2.45, 2.75) is 52.0 Å². The molecule has 0 bridgehead atoms. The minimum absolute atomic E-state index is 0.210. The fraction of sp³-hybridized carbons (Fsp3) is 0.619. The first-order chi connectivity index (χ1) is 13.2. The highest BCUT2D eigenvalue weighted by Gasteiger charge is 2.10. The van der Waals surface area contributed by atoms with Crippen molar-refractivity contribution in [2.24, 2.45) is 0 Å². The van der Waals surface area contributed by atoms with Gasteiger partial charge in [0.15, 0.2) is 6.61 Å². The summed E-state index contributed by atoms with van der Waals surface area (Å²) in [6, 6.07) is 8.23. The molecule has 1 aliphatic rings. The maximum atomic E-state index is 11.6. The van der Waals surface area contributed by atoms with Crippen LogP contribution in [0.3, 0.4) is 0 Å². The first-order valence-electron chi connectivity index (χ1n) is 10.0. The highest BCUT2D eigenvalue weighted by Crippen LogP contribution is 2.17. The lowest BCUT2D eigenvalue weighted by atomic mass is 10.1. The second kappa shape index (κ2) is 12.3. The largest absolute Gasteiger partial charge is 0.494 e. The maximum absolute atomic E-state index is 11.6. The Morgan fingerprint density at radius 1 is 1.19 bits per heavy atom. The summed E-state index contributed by atoms with van der Waals surface area (Å²) in [6.07, 6.45) is 5.69. The molecule has 1 aromatic rings. The molecular formula is C21H32N2O4. The van der Waals surface area contributed by atoms with E-state index >= 15 is 0 Å². The Labute approximate surface area is 162 Å². The molecule has 1 aromatic carbocycles. The van der Waals surface area contributed by atoms with Gasteiger partial charge in [0.05, 0.1) is 6.61 Å². The van der Waals surface area contributed by atoms with E-state index in [0.29, 0.717) is 26.0 Å². The maximum Gasteiger partial charge on any atom is 0.306 e. The first-order valence-corrected chi connectivity index (χ1v) is 10.0. The van der Waals surface area contributed by atoms with Gasteiger partial charge in [0, 0.05) is 19.5 Å². The van der Waals surface area contributed by atoms with Crippen molar-refractivity contribution in [3.05, 3.63) is 29.8 Å². The van der Waals surface area contributed by atoms with E-state index in [2.05, 4.69) is 22.3 Å². The second-order valence-corrected chi connectivity index (χ2v) is 6.95. The van der Waals surface area contributed by atoms with Crippen LogP contribution in [0, 0.1) is 0 Å². The van der Waals surface area contributed by atoms with Gasteiger partial charge in [-0.1, -0.05) is 25.5 Å². The minimum Gasteiger partial charge on any atom is -0.494 e. The summed E-state index contributed by atoms with van der Waals surface area (Å²) in [5.41, 5.74) is 1.27. The van der Waals surface area contributed by atoms with Gasteiger partial charge in [-0.2, -0.15) is 0 Å². The topological polar surface area (TPSA) is 67.9 Å². The molecule has 1 N–H and O–H groups in total. The predicted molar refractivity (Wildman–Crippen MR) is 105 cm³/mol. The van der Waals surface area contributed by atoms with Crippen LogP contribution in [0.25, 0.3) is 0 Å². The number of carbonyl (C=O) groups excluding carboxylic acids is 2. The molecule has 27 heavy (non-hydrogen) atoms. The number of carbonyl (C=O) groups is 2. The highest BCUT2D eigenvalue weighted by atomic mass is 16.5. The van der Waals surface area contributed by atoms with Gasteiger partial charge in [0.25, 0.3) is 5.91 Å². The molecule has 0 saturated carbocycles. The number of ether oxygens (including phenoxy) is 2. The molecule has 1 fully saturated rings. The van der Waals surface area contributed by atoms with Crippen LogP contribution in [0.4, 0.5) is 0 Å². The van der Waals surface area contributed by atoms with Crippen LogP contribution in [0.1, 0.15) is 51.0 Å². The molecule has 150 valence electrons. The Hall–Kier alpha value is -2.08. The van der Waals surface area contributed by atoms with E-state index in [1.165, 1.54) is 37.9 Å². The number of benzene rings is 1. The second-order valence-electron chi connectivity index (χ2n) is 6.95. The minimum atomic E-state index is -0.333. The normalized spacial score (nSPS) is 14.6. The van der Waals surface area contributed by atoms with E-state index in [-0.39, 0.29) is 18.5 Å². The molecule has 0 radical (unpaired) electrons. The van der Waals surface area contributed by atoms with Crippen LogP contribution in [0.15, 0.2) is 24.3 Å². The molecule has 1 heterocycles. The Bertz CT molecular complexity index is 585. The van der Waals surface area contributed by atoms with Crippen LogP contribution >= 0.6 is 0 Å². The monoisotopic (exact) mass is 376 g/mol. The molecule has 0 aliphatic carbocycles. The summed E-state index contributed by atoms with van der Waals surface area (Å²) in [7, 11) is 0. The lowest BCUT2D eigenvalue weighted by molar-refractivity contribution is -0.148. The molecule has 6 nitrogen and oxygen atoms in total. The number of likely N-dealkylation sites (tertiary alicyclic amines) is 1. The lowest BCUT2D eigenvalue weighted by Gasteiger charge is -2.26. The number of nitrogens with zero attached hydrogens (tertiary/aromatic N) is 1. The molecule has 1 saturated heterocycles. The SMILES string of the molecule is CCCC(=O)OCC(=O)NCCCOc1cccc(CN2CCCCC2)c1. The Morgan fingerprint density at radius 3 is 2.78 bits per heavy atom. The van der Waals surface area contributed by atoms with Crippen LogP contribution in [0.5, 0.6) is 5.75 Å². The van der Waals surface area contributed by atoms with Crippen LogP contribution in [-0.2, 0) is 20.9 Å². The molecule has 0 aromatic heterocycles. The van der Waals surface area contributed by atoms with Crippen LogP contribution in [-0.4, -0.2) is 49.6 Å². The zero-order chi connectivity index (χ0) is 19.3. The fourth-order valence-electron chi connectivity index (χ4n) is 3.07. The number of amides is 1. The quantitative estimate of drug-likeness (QED) is 0.475. The molecule has 1 amide bonds. The number of hydrogen-bond donors (Lipinski definition) is 1. The summed E-state index contributed by atoms with van der Waals surface area (Å²) >= 11 is 0. The van der Waals surface area contributed by atoms with Gasteiger partial charge in [0.1, 0.15) is 5.75 Å². The van der Waals surface area contributed by atoms with Gasteiger partial charge in [-0.15, -0.1) is 0 Å². The van der Waals surface area contributed by atoms with Crippen molar-refractivity contribution in [1.82, 2.24) is 10.2 Å². The Kier molecular flexibility index (Phi) is 9.69. The number of hydrogen-bond acceptors (Lipinski definition) is 5. The van der Waals surface area contributed by atoms with Gasteiger partial charge < -0.3 is 14.8 Å². The zero-order valence-corrected chi connectivity index (χ0v) is 16.4. The zero-order valence-electron chi connectivity index (χ0n) is 16.4. The van der Waals surface area contributed by atoms with Gasteiger partial charge in [-0.25, -0.2) is 0 Å². The smallest absolute Gasteiger partial charge is 0.306 e. The standard InChI is InChI=1S/C21H32N2O4/c1-2-8-21(25)27-17-20(24)22-11-7-14-26-19-10-6-9-18(15-19)16-23-12-4-3-5-13-23/h6,9-10,15H,2-5,7-8,11-14,16-17H2,1H3,(H,22,24). The Morgan fingerprint density at radius 2 is 2.00 bits per heavy atom. The highest BCUT2D eigenvalue weighted by molar-refractivity contribution is 5.80. The molecule has 6 heteroatoms. The molecule has 2 rings (SSSR count). The number of nitrogens with one attached hydrogen (secondary N) is 1. The van der Waals surface area contributed by atoms with E-state index in [4.69, 9.17) is 9.47 Å². The van der Waals surface area contributed by atoms with Gasteiger partial charge in [0.2, 0.25) is 0 Å². The fourth-order valence-corrected chi connectivity index (χ4v) is 3.07. The number of rotatable bonds is 11. The third kappa shape index (κ3) is 8.91. The summed E-state index contributed by atoms with van der Waals surface area (Å²) in [5, 5.41) is 2.73. The first kappa shape index (κ1) is 21.2. The van der Waals surface area contributed by atoms with E-state index in [1.807, 2.05) is 19.1 Å². The van der Waals surface area contributed by atoms with E-state index < -0.39 is 0 Å². The summed E-state index contributed by atoms with van der Waals surface area (Å²) in [6.45, 7) is 6.05. The molecule has 0 spiro atoms. The number of esters is 1. The summed E-state index contributed by atoms with van der Waals surface area (Å²) in [4.78, 5) is 25.3. The molecule has 0 atom stereocenters. The Balaban J connectivity index is 1.59. The van der Waals surface area contributed by atoms with Crippen molar-refractivity contribution in [1.29, 1.82) is 0 Å². The van der Waals surface area contributed by atoms with Crippen molar-refractivity contribution >= 4 is 11.9 Å². The molecular weight excluding hydrogens is 344 g/mol. The average molecular weight is 376 g/mol. The van der Waals surface area contributed by atoms with Crippen molar-refractivity contribution in [2.75, 3.05) is 32.8 Å². The summed E-state index contributed by atoms with van der Waals surface area (Å²) < 4.78 is 10.7. The predicted octanol–water partition coefficient (Wildman–Crippen LogP) is 2.90. The molecule has 1 aliphatic heterocycles. The van der Waals surface area contributed by atoms with Crippen molar-refractivity contribution in [3.8, 4) is 5.75 Å². The van der Waals surface area contributed by atoms with E-state index in [9.17, 15) is 9.59 Å². The van der Waals surface area contributed by atoms with Crippen LogP contribution in [0.2, 0.25) is 0 Å². The molecule has 0 unspecified atom stereocenters. The third-order valence-electron chi connectivity index (χ3n) is 4.48.